The normalized spacial score (nSPS) is 14.6. The van der Waals surface area contributed by atoms with E-state index in [1.54, 1.807) is 30.3 Å². The highest BCUT2D eigenvalue weighted by Gasteiger charge is 2.15. The Morgan fingerprint density at radius 2 is 1.87 bits per heavy atom. The summed E-state index contributed by atoms with van der Waals surface area (Å²) in [6.07, 6.45) is 3.40. The van der Waals surface area contributed by atoms with Gasteiger partial charge in [-0.3, -0.25) is 4.79 Å². The molecule has 1 heterocycles. The van der Waals surface area contributed by atoms with Gasteiger partial charge in [0, 0.05) is 28.8 Å². The van der Waals surface area contributed by atoms with Crippen LogP contribution in [-0.4, -0.2) is 19.0 Å². The van der Waals surface area contributed by atoms with Crippen molar-refractivity contribution in [1.29, 1.82) is 0 Å². The van der Waals surface area contributed by atoms with Gasteiger partial charge in [0.15, 0.2) is 0 Å². The number of carbonyl (C=O) groups is 1. The number of rotatable bonds is 3. The van der Waals surface area contributed by atoms with Crippen LogP contribution in [0.3, 0.4) is 0 Å². The minimum absolute atomic E-state index is 0.253. The number of halogens is 2. The van der Waals surface area contributed by atoms with Crippen LogP contribution in [-0.2, 0) is 0 Å². The van der Waals surface area contributed by atoms with Crippen molar-refractivity contribution >= 4 is 33.2 Å². The molecule has 2 aromatic rings. The van der Waals surface area contributed by atoms with Gasteiger partial charge in [0.05, 0.1) is 5.69 Å². The third-order valence-electron chi connectivity index (χ3n) is 3.99. The van der Waals surface area contributed by atoms with E-state index in [1.165, 1.54) is 12.5 Å². The van der Waals surface area contributed by atoms with Gasteiger partial charge in [0.25, 0.3) is 5.91 Å². The Labute approximate surface area is 143 Å². The number of amides is 1. The van der Waals surface area contributed by atoms with Gasteiger partial charge in [-0.1, -0.05) is 22.0 Å². The maximum absolute atomic E-state index is 14.4. The van der Waals surface area contributed by atoms with Crippen molar-refractivity contribution in [3.05, 3.63) is 58.3 Å². The van der Waals surface area contributed by atoms with Crippen molar-refractivity contribution in [1.82, 2.24) is 0 Å². The van der Waals surface area contributed by atoms with Crippen LogP contribution in [0.15, 0.2) is 46.9 Å². The number of piperidine rings is 1. The molecule has 0 aromatic heterocycles. The van der Waals surface area contributed by atoms with E-state index in [0.29, 0.717) is 16.9 Å². The predicted molar refractivity (Wildman–Crippen MR) is 94.6 cm³/mol. The monoisotopic (exact) mass is 376 g/mol. The van der Waals surface area contributed by atoms with Crippen LogP contribution in [0, 0.1) is 5.82 Å². The first-order chi connectivity index (χ1) is 11.1. The van der Waals surface area contributed by atoms with Gasteiger partial charge < -0.3 is 10.2 Å². The molecule has 0 saturated carbocycles. The SMILES string of the molecule is O=C(Nc1ccc(N2CCCCC2)c(F)c1)c1cccc(Br)c1. The molecule has 0 unspecified atom stereocenters. The predicted octanol–water partition coefficient (Wildman–Crippen LogP) is 4.83. The van der Waals surface area contributed by atoms with Gasteiger partial charge in [-0.05, 0) is 55.7 Å². The molecule has 1 aliphatic heterocycles. The van der Waals surface area contributed by atoms with Gasteiger partial charge in [0.2, 0.25) is 0 Å². The molecule has 2 aromatic carbocycles. The lowest BCUT2D eigenvalue weighted by Gasteiger charge is -2.29. The first-order valence-electron chi connectivity index (χ1n) is 7.75. The number of nitrogens with one attached hydrogen (secondary N) is 1. The summed E-state index contributed by atoms with van der Waals surface area (Å²) in [5, 5.41) is 2.74. The number of hydrogen-bond acceptors (Lipinski definition) is 2. The van der Waals surface area contributed by atoms with Crippen LogP contribution in [0.4, 0.5) is 15.8 Å². The third-order valence-corrected chi connectivity index (χ3v) is 4.48. The molecule has 0 bridgehead atoms. The Hall–Kier alpha value is -1.88. The van der Waals surface area contributed by atoms with E-state index in [9.17, 15) is 9.18 Å². The largest absolute Gasteiger partial charge is 0.369 e. The van der Waals surface area contributed by atoms with Crippen molar-refractivity contribution in [2.45, 2.75) is 19.3 Å². The molecule has 120 valence electrons. The standard InChI is InChI=1S/C18H18BrFN2O/c19-14-6-4-5-13(11-14)18(23)21-15-7-8-17(16(20)12-15)22-9-2-1-3-10-22/h4-8,11-12H,1-3,9-10H2,(H,21,23). The van der Waals surface area contributed by atoms with Gasteiger partial charge in [-0.2, -0.15) is 0 Å². The fraction of sp³-hybridized carbons (Fsp3) is 0.278. The molecule has 0 aliphatic carbocycles. The minimum Gasteiger partial charge on any atom is -0.369 e. The summed E-state index contributed by atoms with van der Waals surface area (Å²) in [5.41, 5.74) is 1.61. The van der Waals surface area contributed by atoms with Crippen LogP contribution in [0.2, 0.25) is 0 Å². The van der Waals surface area contributed by atoms with Crippen molar-refractivity contribution in [3.63, 3.8) is 0 Å². The third kappa shape index (κ3) is 3.91. The molecule has 0 radical (unpaired) electrons. The summed E-state index contributed by atoms with van der Waals surface area (Å²) in [6, 6.07) is 12.0. The number of hydrogen-bond donors (Lipinski definition) is 1. The Kier molecular flexibility index (Phi) is 4.96. The zero-order valence-corrected chi connectivity index (χ0v) is 14.3. The van der Waals surface area contributed by atoms with Crippen LogP contribution < -0.4 is 10.2 Å². The lowest BCUT2D eigenvalue weighted by molar-refractivity contribution is 0.102. The fourth-order valence-electron chi connectivity index (χ4n) is 2.81. The lowest BCUT2D eigenvalue weighted by Crippen LogP contribution is -2.30. The van der Waals surface area contributed by atoms with Crippen LogP contribution in [0.25, 0.3) is 0 Å². The van der Waals surface area contributed by atoms with E-state index in [1.807, 2.05) is 6.07 Å². The first kappa shape index (κ1) is 16.0. The molecule has 1 N–H and O–H groups in total. The number of benzene rings is 2. The molecule has 1 saturated heterocycles. The average molecular weight is 377 g/mol. The van der Waals surface area contributed by atoms with Crippen molar-refractivity contribution in [3.8, 4) is 0 Å². The molecule has 0 atom stereocenters. The molecule has 3 nitrogen and oxygen atoms in total. The minimum atomic E-state index is -0.293. The molecule has 1 amide bonds. The van der Waals surface area contributed by atoms with E-state index in [-0.39, 0.29) is 11.7 Å². The first-order valence-corrected chi connectivity index (χ1v) is 8.54. The Morgan fingerprint density at radius 1 is 1.09 bits per heavy atom. The maximum atomic E-state index is 14.4. The quantitative estimate of drug-likeness (QED) is 0.831. The highest BCUT2D eigenvalue weighted by atomic mass is 79.9. The van der Waals surface area contributed by atoms with Crippen molar-refractivity contribution < 1.29 is 9.18 Å². The second-order valence-corrected chi connectivity index (χ2v) is 6.59. The van der Waals surface area contributed by atoms with Crippen molar-refractivity contribution in [2.24, 2.45) is 0 Å². The summed E-state index contributed by atoms with van der Waals surface area (Å²) in [6.45, 7) is 1.78. The lowest BCUT2D eigenvalue weighted by atomic mass is 10.1. The summed E-state index contributed by atoms with van der Waals surface area (Å²) >= 11 is 3.34. The highest BCUT2D eigenvalue weighted by molar-refractivity contribution is 9.10. The topological polar surface area (TPSA) is 32.3 Å². The van der Waals surface area contributed by atoms with E-state index < -0.39 is 0 Å². The average Bonchev–Trinajstić information content (AvgIpc) is 2.56. The van der Waals surface area contributed by atoms with Gasteiger partial charge in [0.1, 0.15) is 5.82 Å². The van der Waals surface area contributed by atoms with E-state index in [2.05, 4.69) is 26.1 Å². The zero-order valence-electron chi connectivity index (χ0n) is 12.7. The number of anilines is 2. The van der Waals surface area contributed by atoms with E-state index in [0.717, 1.165) is 30.4 Å². The summed E-state index contributed by atoms with van der Waals surface area (Å²) in [4.78, 5) is 14.3. The molecule has 1 aliphatic rings. The molecule has 23 heavy (non-hydrogen) atoms. The summed E-state index contributed by atoms with van der Waals surface area (Å²) in [7, 11) is 0. The second kappa shape index (κ2) is 7.13. The van der Waals surface area contributed by atoms with Crippen LogP contribution in [0.5, 0.6) is 0 Å². The molecule has 3 rings (SSSR count). The number of nitrogens with zero attached hydrogens (tertiary/aromatic N) is 1. The van der Waals surface area contributed by atoms with Crippen LogP contribution >= 0.6 is 15.9 Å². The van der Waals surface area contributed by atoms with E-state index in [4.69, 9.17) is 0 Å². The molecule has 0 spiro atoms. The van der Waals surface area contributed by atoms with Crippen LogP contribution in [0.1, 0.15) is 29.6 Å². The van der Waals surface area contributed by atoms with Gasteiger partial charge >= 0.3 is 0 Å². The Bertz CT molecular complexity index is 714. The maximum Gasteiger partial charge on any atom is 0.255 e. The Morgan fingerprint density at radius 3 is 2.57 bits per heavy atom. The van der Waals surface area contributed by atoms with Gasteiger partial charge in [-0.15, -0.1) is 0 Å². The summed E-state index contributed by atoms with van der Waals surface area (Å²) in [5.74, 6) is -0.546. The highest BCUT2D eigenvalue weighted by Crippen LogP contribution is 2.26. The molecule has 5 heteroatoms. The molecular formula is C18H18BrFN2O. The number of carbonyl (C=O) groups excluding carboxylic acids is 1. The smallest absolute Gasteiger partial charge is 0.255 e. The fourth-order valence-corrected chi connectivity index (χ4v) is 3.21. The summed E-state index contributed by atoms with van der Waals surface area (Å²) < 4.78 is 15.2. The van der Waals surface area contributed by atoms with Crippen molar-refractivity contribution in [2.75, 3.05) is 23.3 Å². The second-order valence-electron chi connectivity index (χ2n) is 5.68. The zero-order chi connectivity index (χ0) is 16.2. The van der Waals surface area contributed by atoms with E-state index >= 15 is 0 Å². The molecular weight excluding hydrogens is 359 g/mol. The van der Waals surface area contributed by atoms with Gasteiger partial charge in [-0.25, -0.2) is 4.39 Å². The Balaban J connectivity index is 1.73. The molecule has 1 fully saturated rings.